The molecule has 2 aromatic rings. The second-order valence-electron chi connectivity index (χ2n) is 7.80. The lowest BCUT2D eigenvalue weighted by Crippen LogP contribution is -2.46. The number of benzene rings is 2. The number of methoxy groups -OCH3 is 1. The predicted octanol–water partition coefficient (Wildman–Crippen LogP) is 5.15. The molecule has 1 fully saturated rings. The highest BCUT2D eigenvalue weighted by atomic mass is 16.5. The highest BCUT2D eigenvalue weighted by Crippen LogP contribution is 2.49. The summed E-state index contributed by atoms with van der Waals surface area (Å²) < 4.78 is 12.2. The van der Waals surface area contributed by atoms with Gasteiger partial charge in [0.15, 0.2) is 17.7 Å². The maximum atomic E-state index is 6.59. The number of hydrogen-bond acceptors (Lipinski definition) is 4. The Morgan fingerprint density at radius 1 is 1.00 bits per heavy atom. The topological polar surface area (TPSA) is 34.1 Å². The van der Waals surface area contributed by atoms with E-state index in [1.54, 1.807) is 7.11 Å². The smallest absolute Gasteiger partial charge is 0.190 e. The maximum absolute atomic E-state index is 6.59. The molecule has 0 unspecified atom stereocenters. The van der Waals surface area contributed by atoms with Crippen molar-refractivity contribution in [1.82, 2.24) is 5.01 Å². The standard InChI is InChI=1S/C23H26N2O2/c1-26-21-14-8-13-18-20-15-19(16-9-4-2-5-10-16)24-25(20)23(27-22(18)21)17-11-6-3-7-12-17/h2,4-5,8-10,13-14,17,20,23H,3,6-7,11-12,15H2,1H3/t20-,23-/m0/s1. The quantitative estimate of drug-likeness (QED) is 0.758. The van der Waals surface area contributed by atoms with Gasteiger partial charge in [0, 0.05) is 17.9 Å². The van der Waals surface area contributed by atoms with E-state index in [0.29, 0.717) is 5.92 Å². The van der Waals surface area contributed by atoms with E-state index in [4.69, 9.17) is 14.6 Å². The van der Waals surface area contributed by atoms with Crippen LogP contribution in [0.5, 0.6) is 11.5 Å². The Labute approximate surface area is 160 Å². The van der Waals surface area contributed by atoms with Gasteiger partial charge >= 0.3 is 0 Å². The molecule has 1 saturated carbocycles. The summed E-state index contributed by atoms with van der Waals surface area (Å²) >= 11 is 0. The van der Waals surface area contributed by atoms with Crippen LogP contribution in [0.15, 0.2) is 53.6 Å². The molecule has 0 spiro atoms. The minimum Gasteiger partial charge on any atom is -0.493 e. The van der Waals surface area contributed by atoms with Crippen molar-refractivity contribution in [3.63, 3.8) is 0 Å². The first-order valence-electron chi connectivity index (χ1n) is 10.1. The third-order valence-corrected chi connectivity index (χ3v) is 6.19. The van der Waals surface area contributed by atoms with Gasteiger partial charge in [-0.1, -0.05) is 61.7 Å². The average Bonchev–Trinajstić information content (AvgIpc) is 3.20. The van der Waals surface area contributed by atoms with Crippen molar-refractivity contribution in [3.8, 4) is 11.5 Å². The van der Waals surface area contributed by atoms with Gasteiger partial charge in [0.1, 0.15) is 0 Å². The molecule has 0 bridgehead atoms. The van der Waals surface area contributed by atoms with Crippen molar-refractivity contribution < 1.29 is 9.47 Å². The number of rotatable bonds is 3. The van der Waals surface area contributed by atoms with Gasteiger partial charge in [-0.2, -0.15) is 5.10 Å². The fraction of sp³-hybridized carbons (Fsp3) is 0.435. The Kier molecular flexibility index (Phi) is 4.27. The molecule has 140 valence electrons. The number of hydrazone groups is 1. The van der Waals surface area contributed by atoms with Gasteiger partial charge in [-0.15, -0.1) is 0 Å². The molecule has 4 heteroatoms. The Balaban J connectivity index is 1.56. The third kappa shape index (κ3) is 2.88. The van der Waals surface area contributed by atoms with Crippen LogP contribution in [-0.2, 0) is 0 Å². The molecule has 2 heterocycles. The van der Waals surface area contributed by atoms with Gasteiger partial charge in [-0.3, -0.25) is 0 Å². The Hall–Kier alpha value is -2.49. The van der Waals surface area contributed by atoms with Gasteiger partial charge in [0.25, 0.3) is 0 Å². The number of nitrogens with zero attached hydrogens (tertiary/aromatic N) is 2. The molecule has 2 aromatic carbocycles. The molecule has 0 amide bonds. The number of fused-ring (bicyclic) bond motifs is 3. The first-order chi connectivity index (χ1) is 13.3. The zero-order valence-corrected chi connectivity index (χ0v) is 15.8. The first kappa shape index (κ1) is 16.7. The highest BCUT2D eigenvalue weighted by molar-refractivity contribution is 6.01. The summed E-state index contributed by atoms with van der Waals surface area (Å²) in [6.45, 7) is 0. The van der Waals surface area contributed by atoms with Gasteiger partial charge < -0.3 is 9.47 Å². The zero-order chi connectivity index (χ0) is 18.2. The molecule has 1 aliphatic carbocycles. The number of ether oxygens (including phenoxy) is 2. The van der Waals surface area contributed by atoms with Crippen molar-refractivity contribution >= 4 is 5.71 Å². The van der Waals surface area contributed by atoms with E-state index in [-0.39, 0.29) is 12.3 Å². The fourth-order valence-corrected chi connectivity index (χ4v) is 4.81. The molecular formula is C23H26N2O2. The minimum atomic E-state index is 0.000289. The maximum Gasteiger partial charge on any atom is 0.190 e. The van der Waals surface area contributed by atoms with Crippen LogP contribution in [-0.4, -0.2) is 24.1 Å². The van der Waals surface area contributed by atoms with E-state index in [2.05, 4.69) is 47.5 Å². The Bertz CT molecular complexity index is 843. The van der Waals surface area contributed by atoms with Gasteiger partial charge in [-0.05, 0) is 24.5 Å². The Morgan fingerprint density at radius 2 is 1.81 bits per heavy atom. The van der Waals surface area contributed by atoms with Crippen molar-refractivity contribution in [1.29, 1.82) is 0 Å². The molecule has 4 nitrogen and oxygen atoms in total. The van der Waals surface area contributed by atoms with Crippen LogP contribution in [0.3, 0.4) is 0 Å². The normalized spacial score (nSPS) is 24.6. The summed E-state index contributed by atoms with van der Waals surface area (Å²) in [4.78, 5) is 0. The van der Waals surface area contributed by atoms with E-state index in [0.717, 1.165) is 23.6 Å². The largest absolute Gasteiger partial charge is 0.493 e. The van der Waals surface area contributed by atoms with Crippen LogP contribution in [0.4, 0.5) is 0 Å². The zero-order valence-electron chi connectivity index (χ0n) is 15.8. The molecule has 0 saturated heterocycles. The Morgan fingerprint density at radius 3 is 2.59 bits per heavy atom. The van der Waals surface area contributed by atoms with Crippen molar-refractivity contribution in [3.05, 3.63) is 59.7 Å². The summed E-state index contributed by atoms with van der Waals surface area (Å²) in [6, 6.07) is 17.0. The van der Waals surface area contributed by atoms with Crippen LogP contribution in [0.25, 0.3) is 0 Å². The first-order valence-corrected chi connectivity index (χ1v) is 10.1. The lowest BCUT2D eigenvalue weighted by atomic mass is 9.86. The van der Waals surface area contributed by atoms with Gasteiger partial charge in [0.2, 0.25) is 0 Å². The van der Waals surface area contributed by atoms with Crippen LogP contribution in [0.2, 0.25) is 0 Å². The monoisotopic (exact) mass is 362 g/mol. The third-order valence-electron chi connectivity index (χ3n) is 6.19. The lowest BCUT2D eigenvalue weighted by Gasteiger charge is -2.43. The fourth-order valence-electron chi connectivity index (χ4n) is 4.81. The second-order valence-corrected chi connectivity index (χ2v) is 7.80. The molecule has 2 atom stereocenters. The molecule has 27 heavy (non-hydrogen) atoms. The minimum absolute atomic E-state index is 0.000289. The predicted molar refractivity (Wildman–Crippen MR) is 106 cm³/mol. The van der Waals surface area contributed by atoms with E-state index in [1.807, 2.05) is 6.07 Å². The summed E-state index contributed by atoms with van der Waals surface area (Å²) in [6.07, 6.45) is 7.26. The second kappa shape index (κ2) is 6.91. The number of para-hydroxylation sites is 1. The SMILES string of the molecule is COc1cccc2c1O[C@@H](C1CCCCC1)N1N=C(c3ccccc3)C[C@@H]21. The summed E-state index contributed by atoms with van der Waals surface area (Å²) in [5.41, 5.74) is 3.55. The molecule has 0 aromatic heterocycles. The van der Waals surface area contributed by atoms with E-state index in [9.17, 15) is 0 Å². The molecule has 0 N–H and O–H groups in total. The molecule has 0 radical (unpaired) electrons. The van der Waals surface area contributed by atoms with Crippen molar-refractivity contribution in [2.45, 2.75) is 50.8 Å². The van der Waals surface area contributed by atoms with Crippen LogP contribution in [0, 0.1) is 5.92 Å². The molecule has 3 aliphatic rings. The highest BCUT2D eigenvalue weighted by Gasteiger charge is 2.44. The van der Waals surface area contributed by atoms with E-state index < -0.39 is 0 Å². The van der Waals surface area contributed by atoms with Gasteiger partial charge in [0.05, 0.1) is 18.9 Å². The number of hydrogen-bond donors (Lipinski definition) is 0. The van der Waals surface area contributed by atoms with Crippen LogP contribution >= 0.6 is 0 Å². The summed E-state index contributed by atoms with van der Waals surface area (Å²) in [7, 11) is 1.72. The summed E-state index contributed by atoms with van der Waals surface area (Å²) in [5, 5.41) is 7.33. The van der Waals surface area contributed by atoms with Crippen molar-refractivity contribution in [2.24, 2.45) is 11.0 Å². The molecule has 5 rings (SSSR count). The average molecular weight is 362 g/mol. The lowest BCUT2D eigenvalue weighted by molar-refractivity contribution is -0.0656. The summed E-state index contributed by atoms with van der Waals surface area (Å²) in [5.74, 6) is 2.28. The van der Waals surface area contributed by atoms with Crippen LogP contribution < -0.4 is 9.47 Å². The van der Waals surface area contributed by atoms with E-state index in [1.165, 1.54) is 43.2 Å². The van der Waals surface area contributed by atoms with Crippen LogP contribution in [0.1, 0.15) is 55.7 Å². The molecule has 2 aliphatic heterocycles. The van der Waals surface area contributed by atoms with E-state index >= 15 is 0 Å². The van der Waals surface area contributed by atoms with Gasteiger partial charge in [-0.25, -0.2) is 5.01 Å². The molecular weight excluding hydrogens is 336 g/mol. The van der Waals surface area contributed by atoms with Crippen molar-refractivity contribution in [2.75, 3.05) is 7.11 Å².